The largest absolute Gasteiger partial charge is 0.481 e. The highest BCUT2D eigenvalue weighted by molar-refractivity contribution is 5.76. The van der Waals surface area contributed by atoms with E-state index in [9.17, 15) is 9.90 Å². The molecule has 0 radical (unpaired) electrons. The number of nitrogens with one attached hydrogen (secondary N) is 1. The van der Waals surface area contributed by atoms with Gasteiger partial charge in [0.05, 0.1) is 5.92 Å². The van der Waals surface area contributed by atoms with Crippen LogP contribution in [-0.4, -0.2) is 17.6 Å². The third-order valence-corrected chi connectivity index (χ3v) is 6.04. The van der Waals surface area contributed by atoms with Gasteiger partial charge in [0.15, 0.2) is 0 Å². The third-order valence-electron chi connectivity index (χ3n) is 6.04. The molecule has 0 aromatic heterocycles. The number of unbranched alkanes of at least 4 members (excludes halogenated alkanes) is 12. The number of anilines is 1. The zero-order valence-electron chi connectivity index (χ0n) is 20.2. The van der Waals surface area contributed by atoms with Crippen LogP contribution in [0.3, 0.4) is 0 Å². The molecule has 2 N–H and O–H groups in total. The second kappa shape index (κ2) is 19.0. The number of hydrogen-bond donors (Lipinski definition) is 2. The molecule has 0 heterocycles. The van der Waals surface area contributed by atoms with Crippen LogP contribution < -0.4 is 5.32 Å². The average Bonchev–Trinajstić information content (AvgIpc) is 2.77. The third kappa shape index (κ3) is 14.0. The topological polar surface area (TPSA) is 49.3 Å². The smallest absolute Gasteiger partial charge is 0.310 e. The molecule has 0 aliphatic carbocycles. The highest BCUT2D eigenvalue weighted by Gasteiger charge is 2.16. The van der Waals surface area contributed by atoms with Gasteiger partial charge in [0.2, 0.25) is 0 Å². The molecule has 0 aliphatic heterocycles. The molecule has 1 atom stereocenters. The minimum absolute atomic E-state index is 0.398. The van der Waals surface area contributed by atoms with Gasteiger partial charge in [-0.3, -0.25) is 4.79 Å². The van der Waals surface area contributed by atoms with Gasteiger partial charge in [0.25, 0.3) is 0 Å². The zero-order valence-corrected chi connectivity index (χ0v) is 20.2. The summed E-state index contributed by atoms with van der Waals surface area (Å²) in [5.74, 6) is -1.14. The molecule has 1 unspecified atom stereocenters. The number of allylic oxidation sites excluding steroid dienone is 2. The molecule has 31 heavy (non-hydrogen) atoms. The minimum atomic E-state index is -0.743. The first-order chi connectivity index (χ1) is 15.2. The lowest BCUT2D eigenvalue weighted by Gasteiger charge is -2.12. The van der Waals surface area contributed by atoms with Gasteiger partial charge in [-0.1, -0.05) is 95.9 Å². The van der Waals surface area contributed by atoms with Gasteiger partial charge in [-0.25, -0.2) is 0 Å². The lowest BCUT2D eigenvalue weighted by atomic mass is 9.96. The summed E-state index contributed by atoms with van der Waals surface area (Å²) in [7, 11) is 0. The second-order valence-electron chi connectivity index (χ2n) is 8.79. The van der Waals surface area contributed by atoms with Crippen LogP contribution in [0, 0.1) is 0 Å². The molecular formula is C28H47NO2. The number of carbonyl (C=O) groups is 1. The minimum Gasteiger partial charge on any atom is -0.481 e. The molecule has 1 rings (SSSR count). The Morgan fingerprint density at radius 1 is 0.806 bits per heavy atom. The number of aliphatic carboxylic acids is 1. The van der Waals surface area contributed by atoms with Crippen molar-refractivity contribution < 1.29 is 9.90 Å². The summed E-state index contributed by atoms with van der Waals surface area (Å²) in [4.78, 5) is 11.2. The summed E-state index contributed by atoms with van der Waals surface area (Å²) in [6.07, 6.45) is 24.0. The number of carboxylic acid groups (broad SMARTS) is 1. The monoisotopic (exact) mass is 429 g/mol. The summed E-state index contributed by atoms with van der Waals surface area (Å²) in [6.45, 7) is 5.17. The molecule has 1 aromatic rings. The summed E-state index contributed by atoms with van der Waals surface area (Å²) in [5, 5.41) is 12.7. The number of carboxylic acids is 1. The van der Waals surface area contributed by atoms with Gasteiger partial charge in [0, 0.05) is 12.2 Å². The molecule has 0 fully saturated rings. The maximum absolute atomic E-state index is 11.2. The molecule has 1 aromatic carbocycles. The number of rotatable bonds is 20. The first kappa shape index (κ1) is 27.3. The van der Waals surface area contributed by atoms with E-state index >= 15 is 0 Å². The zero-order chi connectivity index (χ0) is 22.6. The Labute approximate surface area is 191 Å². The van der Waals surface area contributed by atoms with Gasteiger partial charge in [-0.05, 0) is 56.2 Å². The molecule has 0 spiro atoms. The van der Waals surface area contributed by atoms with E-state index in [0.29, 0.717) is 6.42 Å². The van der Waals surface area contributed by atoms with E-state index in [1.54, 1.807) is 0 Å². The van der Waals surface area contributed by atoms with Gasteiger partial charge >= 0.3 is 5.97 Å². The molecule has 3 nitrogen and oxygen atoms in total. The predicted molar refractivity (Wildman–Crippen MR) is 135 cm³/mol. The quantitative estimate of drug-likeness (QED) is 0.161. The molecule has 0 aliphatic rings. The summed E-state index contributed by atoms with van der Waals surface area (Å²) in [5.41, 5.74) is 1.97. The van der Waals surface area contributed by atoms with Crippen molar-refractivity contribution in [3.05, 3.63) is 42.0 Å². The van der Waals surface area contributed by atoms with Crippen LogP contribution in [0.15, 0.2) is 36.4 Å². The molecule has 3 heteroatoms. The predicted octanol–water partition coefficient (Wildman–Crippen LogP) is 8.71. The molecule has 0 bridgehead atoms. The SMILES string of the molecule is CCCCCCCCC=CCCCCCCCCNc1ccc(C(CC)C(=O)O)cc1. The maximum atomic E-state index is 11.2. The van der Waals surface area contributed by atoms with E-state index in [1.807, 2.05) is 31.2 Å². The van der Waals surface area contributed by atoms with Crippen molar-refractivity contribution in [1.29, 1.82) is 0 Å². The van der Waals surface area contributed by atoms with Crippen LogP contribution in [0.1, 0.15) is 122 Å². The van der Waals surface area contributed by atoms with E-state index in [-0.39, 0.29) is 0 Å². The number of hydrogen-bond acceptors (Lipinski definition) is 2. The van der Waals surface area contributed by atoms with E-state index in [4.69, 9.17) is 0 Å². The summed E-state index contributed by atoms with van der Waals surface area (Å²) >= 11 is 0. The van der Waals surface area contributed by atoms with Crippen LogP contribution in [0.25, 0.3) is 0 Å². The fraction of sp³-hybridized carbons (Fsp3) is 0.679. The molecule has 0 saturated heterocycles. The highest BCUT2D eigenvalue weighted by Crippen LogP contribution is 2.21. The number of benzene rings is 1. The van der Waals surface area contributed by atoms with Crippen molar-refractivity contribution in [1.82, 2.24) is 0 Å². The molecule has 0 saturated carbocycles. The Hall–Kier alpha value is -1.77. The standard InChI is InChI=1S/C28H47NO2/c1-3-5-6-7-8-9-10-11-12-13-14-15-16-17-18-19-24-29-26-22-20-25(21-23-26)27(4-2)28(30)31/h11-12,20-23,27,29H,3-10,13-19,24H2,1-2H3,(H,30,31). The van der Waals surface area contributed by atoms with Gasteiger partial charge in [-0.2, -0.15) is 0 Å². The van der Waals surface area contributed by atoms with Crippen LogP contribution in [0.2, 0.25) is 0 Å². The lowest BCUT2D eigenvalue weighted by molar-refractivity contribution is -0.138. The van der Waals surface area contributed by atoms with Crippen molar-refractivity contribution in [2.24, 2.45) is 0 Å². The lowest BCUT2D eigenvalue weighted by Crippen LogP contribution is -2.10. The van der Waals surface area contributed by atoms with Crippen LogP contribution in [0.4, 0.5) is 5.69 Å². The first-order valence-electron chi connectivity index (χ1n) is 12.9. The van der Waals surface area contributed by atoms with Gasteiger partial charge in [0.1, 0.15) is 0 Å². The Kier molecular flexibility index (Phi) is 16.7. The van der Waals surface area contributed by atoms with E-state index in [0.717, 1.165) is 17.8 Å². The van der Waals surface area contributed by atoms with Crippen LogP contribution in [0.5, 0.6) is 0 Å². The van der Waals surface area contributed by atoms with Crippen LogP contribution in [-0.2, 0) is 4.79 Å². The fourth-order valence-electron chi connectivity index (χ4n) is 3.99. The molecule has 176 valence electrons. The normalized spacial score (nSPS) is 12.3. The Morgan fingerprint density at radius 2 is 1.32 bits per heavy atom. The van der Waals surface area contributed by atoms with E-state index in [2.05, 4.69) is 24.4 Å². The average molecular weight is 430 g/mol. The van der Waals surface area contributed by atoms with Crippen molar-refractivity contribution in [3.8, 4) is 0 Å². The fourth-order valence-corrected chi connectivity index (χ4v) is 3.99. The second-order valence-corrected chi connectivity index (χ2v) is 8.79. The van der Waals surface area contributed by atoms with E-state index in [1.165, 1.54) is 89.9 Å². The van der Waals surface area contributed by atoms with Gasteiger partial charge in [-0.15, -0.1) is 0 Å². The first-order valence-corrected chi connectivity index (χ1v) is 12.9. The van der Waals surface area contributed by atoms with Crippen molar-refractivity contribution >= 4 is 11.7 Å². The Bertz CT molecular complexity index is 579. The van der Waals surface area contributed by atoms with Crippen LogP contribution >= 0.6 is 0 Å². The van der Waals surface area contributed by atoms with Crippen molar-refractivity contribution in [3.63, 3.8) is 0 Å². The highest BCUT2D eigenvalue weighted by atomic mass is 16.4. The van der Waals surface area contributed by atoms with Gasteiger partial charge < -0.3 is 10.4 Å². The van der Waals surface area contributed by atoms with Crippen molar-refractivity contribution in [2.45, 2.75) is 116 Å². The molecular weight excluding hydrogens is 382 g/mol. The summed E-state index contributed by atoms with van der Waals surface area (Å²) < 4.78 is 0. The Morgan fingerprint density at radius 3 is 1.84 bits per heavy atom. The van der Waals surface area contributed by atoms with E-state index < -0.39 is 11.9 Å². The maximum Gasteiger partial charge on any atom is 0.310 e. The van der Waals surface area contributed by atoms with Crippen molar-refractivity contribution in [2.75, 3.05) is 11.9 Å². The molecule has 0 amide bonds. The Balaban J connectivity index is 1.93. The summed E-state index contributed by atoms with van der Waals surface area (Å²) in [6, 6.07) is 7.88.